The van der Waals surface area contributed by atoms with Gasteiger partial charge in [-0.25, -0.2) is 9.97 Å². The quantitative estimate of drug-likeness (QED) is 0.126. The van der Waals surface area contributed by atoms with Crippen molar-refractivity contribution in [2.45, 2.75) is 65.5 Å². The Kier molecular flexibility index (Phi) is 11.7. The summed E-state index contributed by atoms with van der Waals surface area (Å²) < 4.78 is 20.1. The maximum atomic E-state index is 13.6. The Morgan fingerprint density at radius 3 is 1.48 bits per heavy atom. The Morgan fingerprint density at radius 2 is 1.01 bits per heavy atom. The zero-order chi connectivity index (χ0) is 49.9. The number of rotatable bonds is 10. The molecule has 0 N–H and O–H groups in total. The summed E-state index contributed by atoms with van der Waals surface area (Å²) >= 11 is 0. The van der Waals surface area contributed by atoms with Gasteiger partial charge in [-0.15, -0.1) is 0 Å². The van der Waals surface area contributed by atoms with Crippen LogP contribution in [-0.2, 0) is 22.7 Å². The zero-order valence-corrected chi connectivity index (χ0v) is 40.5. The molecule has 2 saturated carbocycles. The second-order valence-corrected chi connectivity index (χ2v) is 19.9. The van der Waals surface area contributed by atoms with E-state index in [-0.39, 0.29) is 69.1 Å². The number of amides is 2. The molecule has 2 atom stereocenters. The molecule has 73 heavy (non-hydrogen) atoms. The van der Waals surface area contributed by atoms with Gasteiger partial charge in [0.2, 0.25) is 11.8 Å². The van der Waals surface area contributed by atoms with E-state index in [9.17, 15) is 19.2 Å². The largest absolute Gasteiger partial charge is 0.464 e. The maximum Gasteiger partial charge on any atom is 0.283 e. The first kappa shape index (κ1) is 45.7. The molecule has 0 unspecified atom stereocenters. The monoisotopic (exact) mass is 973 g/mol. The van der Waals surface area contributed by atoms with E-state index in [1.165, 1.54) is 0 Å². The minimum absolute atomic E-state index is 0.175. The Labute approximate surface area is 418 Å². The number of likely N-dealkylation sites (tertiary alicyclic amines) is 2. The van der Waals surface area contributed by atoms with Crippen molar-refractivity contribution in [1.29, 1.82) is 5.26 Å². The molecular weight excluding hydrogens is 923 g/mol. The average Bonchev–Trinajstić information content (AvgIpc) is 4.14. The van der Waals surface area contributed by atoms with Gasteiger partial charge in [0.05, 0.1) is 17.9 Å². The highest BCUT2D eigenvalue weighted by atomic mass is 16.4. The number of hydrogen-bond acceptors (Lipinski definition) is 12. The second-order valence-electron chi connectivity index (χ2n) is 19.9. The Bertz CT molecular complexity index is 3760. The van der Waals surface area contributed by atoms with Gasteiger partial charge in [0.15, 0.2) is 22.8 Å². The van der Waals surface area contributed by atoms with Crippen LogP contribution in [0.5, 0.6) is 0 Å². The standard InChI is InChI=1S/C29H26N4O4.C28H25N5O3/c1-17-30-25-27(37-17)31-26(33(29(25)35)16-18-10-12-32(15-18)28(34)21-6-7-21)20-4-2-19(3-5-20)22-8-9-24-23(14-22)11-13-36-24;1-17-30-24-26(36-17)31-25(22-8-6-21(7-9-22)20-4-2-18(14-29)3-5-20)33(28(24)35)16-19-12-13-32(15-19)27(34)23-10-11-23/h2-5,8-9,11,13-14,18,21H,6-7,10,12,15-16H2,1H3;2-9,19,23H,10-13,15-16H2,1H3/t18-;19-/m11/s1. The van der Waals surface area contributed by atoms with Crippen molar-refractivity contribution in [2.75, 3.05) is 26.2 Å². The van der Waals surface area contributed by atoms with Crippen LogP contribution in [0.1, 0.15) is 55.9 Å². The summed E-state index contributed by atoms with van der Waals surface area (Å²) in [6.07, 6.45) is 7.41. The van der Waals surface area contributed by atoms with Crippen LogP contribution in [0.4, 0.5) is 0 Å². The minimum atomic E-state index is -0.227. The molecule has 5 aromatic heterocycles. The van der Waals surface area contributed by atoms with Gasteiger partial charge >= 0.3 is 0 Å². The molecule has 7 heterocycles. The molecule has 0 spiro atoms. The van der Waals surface area contributed by atoms with Crippen LogP contribution in [-0.4, -0.2) is 76.9 Å². The fourth-order valence-electron chi connectivity index (χ4n) is 10.4. The lowest BCUT2D eigenvalue weighted by Gasteiger charge is -2.18. The molecule has 16 nitrogen and oxygen atoms in total. The summed E-state index contributed by atoms with van der Waals surface area (Å²) in [7, 11) is 0. The molecule has 9 aromatic rings. The second kappa shape index (κ2) is 18.6. The lowest BCUT2D eigenvalue weighted by molar-refractivity contribution is -0.132. The molecule has 2 saturated heterocycles. The Hall–Kier alpha value is -8.45. The lowest BCUT2D eigenvalue weighted by atomic mass is 10.0. The van der Waals surface area contributed by atoms with E-state index in [1.807, 2.05) is 88.7 Å². The summed E-state index contributed by atoms with van der Waals surface area (Å²) in [5.41, 5.74) is 7.75. The highest BCUT2D eigenvalue weighted by Crippen LogP contribution is 2.36. The van der Waals surface area contributed by atoms with Gasteiger partial charge < -0.3 is 23.1 Å². The van der Waals surface area contributed by atoms with E-state index in [1.54, 1.807) is 41.4 Å². The number of furan rings is 1. The fourth-order valence-corrected chi connectivity index (χ4v) is 10.4. The van der Waals surface area contributed by atoms with Crippen molar-refractivity contribution in [3.8, 4) is 51.1 Å². The molecule has 4 aliphatic rings. The van der Waals surface area contributed by atoms with Crippen molar-refractivity contribution in [2.24, 2.45) is 23.7 Å². The fraction of sp³-hybridized carbons (Fsp3) is 0.316. The normalized spacial score (nSPS) is 17.6. The molecule has 16 heteroatoms. The molecule has 2 aliphatic carbocycles. The Balaban J connectivity index is 0.000000149. The van der Waals surface area contributed by atoms with Crippen molar-refractivity contribution in [3.05, 3.63) is 141 Å². The summed E-state index contributed by atoms with van der Waals surface area (Å²) in [5.74, 6) is 3.19. The highest BCUT2D eigenvalue weighted by Gasteiger charge is 2.38. The molecule has 13 rings (SSSR count). The number of fused-ring (bicyclic) bond motifs is 3. The van der Waals surface area contributed by atoms with E-state index < -0.39 is 0 Å². The minimum Gasteiger partial charge on any atom is -0.464 e. The van der Waals surface area contributed by atoms with E-state index in [0.717, 1.165) is 96.0 Å². The molecule has 366 valence electrons. The van der Waals surface area contributed by atoms with Gasteiger partial charge in [-0.2, -0.15) is 15.2 Å². The van der Waals surface area contributed by atoms with Crippen molar-refractivity contribution in [1.82, 2.24) is 38.9 Å². The number of hydrogen-bond donors (Lipinski definition) is 0. The summed E-state index contributed by atoms with van der Waals surface area (Å²) in [6.45, 7) is 7.19. The molecule has 2 aliphatic heterocycles. The number of carbonyl (C=O) groups excluding carboxylic acids is 2. The highest BCUT2D eigenvalue weighted by molar-refractivity contribution is 5.84. The zero-order valence-electron chi connectivity index (χ0n) is 40.5. The predicted molar refractivity (Wildman–Crippen MR) is 273 cm³/mol. The van der Waals surface area contributed by atoms with Crippen molar-refractivity contribution >= 4 is 45.2 Å². The molecule has 4 aromatic carbocycles. The first-order valence-electron chi connectivity index (χ1n) is 25.1. The van der Waals surface area contributed by atoms with Gasteiger partial charge in [-0.1, -0.05) is 66.7 Å². The van der Waals surface area contributed by atoms with E-state index in [4.69, 9.17) is 28.5 Å². The van der Waals surface area contributed by atoms with Crippen LogP contribution in [0.25, 0.3) is 78.5 Å². The smallest absolute Gasteiger partial charge is 0.283 e. The summed E-state index contributed by atoms with van der Waals surface area (Å²) in [6, 6.07) is 33.5. The summed E-state index contributed by atoms with van der Waals surface area (Å²) in [5, 5.41) is 10.1. The third-order valence-electron chi connectivity index (χ3n) is 14.6. The first-order chi connectivity index (χ1) is 35.5. The molecule has 0 radical (unpaired) electrons. The number of nitriles is 1. The number of aromatic nitrogens is 6. The number of nitrogens with zero attached hydrogens (tertiary/aromatic N) is 9. The van der Waals surface area contributed by atoms with Crippen LogP contribution in [0, 0.1) is 48.9 Å². The Morgan fingerprint density at radius 1 is 0.575 bits per heavy atom. The van der Waals surface area contributed by atoms with Crippen LogP contribution in [0.15, 0.2) is 126 Å². The van der Waals surface area contributed by atoms with Gasteiger partial charge in [0.1, 0.15) is 17.2 Å². The molecule has 4 fully saturated rings. The number of oxazole rings is 2. The third kappa shape index (κ3) is 9.11. The lowest BCUT2D eigenvalue weighted by Crippen LogP contribution is -2.32. The van der Waals surface area contributed by atoms with Crippen molar-refractivity contribution in [3.63, 3.8) is 0 Å². The molecule has 0 bridgehead atoms. The van der Waals surface area contributed by atoms with Gasteiger partial charge in [-0.3, -0.25) is 28.3 Å². The van der Waals surface area contributed by atoms with Crippen LogP contribution in [0.2, 0.25) is 0 Å². The number of aryl methyl sites for hydroxylation is 2. The molecular formula is C57H51N9O7. The predicted octanol–water partition coefficient (Wildman–Crippen LogP) is 9.19. The first-order valence-corrected chi connectivity index (χ1v) is 25.1. The molecule has 2 amide bonds. The SMILES string of the molecule is Cc1nc2c(=O)n(C[C@@H]3CCN(C(=O)C4CC4)C3)c(-c3ccc(-c4ccc(C#N)cc4)cc3)nc2o1.Cc1nc2c(=O)n(C[C@@H]3CCN(C(=O)C4CC4)C3)c(-c3ccc(-c4ccc5occc5c4)cc3)nc2o1. The van der Waals surface area contributed by atoms with Crippen LogP contribution in [0.3, 0.4) is 0 Å². The van der Waals surface area contributed by atoms with Gasteiger partial charge in [0, 0.05) is 81.5 Å². The van der Waals surface area contributed by atoms with Gasteiger partial charge in [0.25, 0.3) is 22.5 Å². The number of benzene rings is 4. The summed E-state index contributed by atoms with van der Waals surface area (Å²) in [4.78, 5) is 74.1. The maximum absolute atomic E-state index is 13.6. The van der Waals surface area contributed by atoms with Crippen LogP contribution < -0.4 is 11.1 Å². The average molecular weight is 974 g/mol. The van der Waals surface area contributed by atoms with E-state index in [2.05, 4.69) is 22.1 Å². The van der Waals surface area contributed by atoms with Crippen molar-refractivity contribution < 1.29 is 22.8 Å². The number of carbonyl (C=O) groups is 2. The van der Waals surface area contributed by atoms with E-state index in [0.29, 0.717) is 55.2 Å². The van der Waals surface area contributed by atoms with E-state index >= 15 is 0 Å². The topological polar surface area (TPSA) is 199 Å². The third-order valence-corrected chi connectivity index (χ3v) is 14.6. The van der Waals surface area contributed by atoms with Gasteiger partial charge in [-0.05, 0) is 103 Å². The van der Waals surface area contributed by atoms with Crippen LogP contribution >= 0.6 is 0 Å².